The van der Waals surface area contributed by atoms with Crippen molar-refractivity contribution in [2.24, 2.45) is 5.11 Å². The number of rotatable bonds is 9. The average molecular weight is 397 g/mol. The van der Waals surface area contributed by atoms with Crippen molar-refractivity contribution in [2.45, 2.75) is 43.9 Å². The average Bonchev–Trinajstić information content (AvgIpc) is 2.78. The van der Waals surface area contributed by atoms with Gasteiger partial charge in [-0.05, 0) is 16.7 Å². The monoisotopic (exact) mass is 397 g/mol. The minimum Gasteiger partial charge on any atom is -0.370 e. The molecule has 8 nitrogen and oxygen atoms in total. The molecule has 0 saturated carbocycles. The van der Waals surface area contributed by atoms with Gasteiger partial charge in [-0.3, -0.25) is 0 Å². The Morgan fingerprint density at radius 1 is 1.00 bits per heavy atom. The lowest BCUT2D eigenvalue weighted by Gasteiger charge is -2.42. The van der Waals surface area contributed by atoms with Gasteiger partial charge in [0.2, 0.25) is 0 Å². The minimum atomic E-state index is -0.922. The van der Waals surface area contributed by atoms with Crippen molar-refractivity contribution < 1.29 is 23.7 Å². The van der Waals surface area contributed by atoms with Crippen LogP contribution in [-0.4, -0.2) is 44.0 Å². The molecule has 0 aromatic heterocycles. The molecule has 0 aliphatic carbocycles. The topological polar surface area (TPSA) is 103 Å². The van der Waals surface area contributed by atoms with E-state index in [4.69, 9.17) is 24.5 Å². The lowest BCUT2D eigenvalue weighted by atomic mass is 9.97. The summed E-state index contributed by atoms with van der Waals surface area (Å²) in [5.74, 6) is 0. The number of methoxy groups -OCH3 is 1. The van der Waals surface area contributed by atoms with E-state index >= 15 is 0 Å². The van der Waals surface area contributed by atoms with Gasteiger partial charge in [0.05, 0.1) is 13.2 Å². The van der Waals surface area contributed by atoms with Gasteiger partial charge in [0.25, 0.3) is 0 Å². The Morgan fingerprint density at radius 3 is 2.03 bits per heavy atom. The van der Waals surface area contributed by atoms with Crippen LogP contribution in [0.15, 0.2) is 65.8 Å². The summed E-state index contributed by atoms with van der Waals surface area (Å²) in [5.41, 5.74) is 10.9. The molecule has 0 amide bonds. The lowest BCUT2D eigenvalue weighted by Crippen LogP contribution is -2.59. The van der Waals surface area contributed by atoms with Crippen LogP contribution in [0.1, 0.15) is 11.1 Å². The van der Waals surface area contributed by atoms with E-state index < -0.39 is 30.6 Å². The van der Waals surface area contributed by atoms with E-state index in [1.165, 1.54) is 7.11 Å². The van der Waals surface area contributed by atoms with Crippen LogP contribution in [0.25, 0.3) is 10.4 Å². The van der Waals surface area contributed by atoms with Gasteiger partial charge in [0.15, 0.2) is 12.6 Å². The predicted molar refractivity (Wildman–Crippen MR) is 105 cm³/mol. The molecule has 1 aliphatic heterocycles. The summed E-state index contributed by atoms with van der Waals surface area (Å²) >= 11 is 0. The molecule has 29 heavy (non-hydrogen) atoms. The molecular weight excluding hydrogens is 374 g/mol. The number of azide groups is 1. The maximum absolute atomic E-state index is 11.7. The molecule has 5 atom stereocenters. The van der Waals surface area contributed by atoms with Gasteiger partial charge in [0, 0.05) is 12.0 Å². The number of nitrogens with zero attached hydrogens (tertiary/aromatic N) is 3. The van der Waals surface area contributed by atoms with E-state index in [-0.39, 0.29) is 13.2 Å². The number of carbonyl (C=O) groups is 1. The Bertz CT molecular complexity index is 814. The third-order valence-electron chi connectivity index (χ3n) is 4.68. The van der Waals surface area contributed by atoms with E-state index in [1.807, 2.05) is 60.7 Å². The second-order valence-corrected chi connectivity index (χ2v) is 6.56. The van der Waals surface area contributed by atoms with E-state index in [9.17, 15) is 4.79 Å². The minimum absolute atomic E-state index is 0.255. The summed E-state index contributed by atoms with van der Waals surface area (Å²) in [4.78, 5) is 14.6. The SMILES string of the molecule is CO[C@@H]1O[C@H](C=O)[C@@H](OCc2ccccc2)[C@H](OCc2ccccc2)[C@H]1N=[N+]=[N-]. The van der Waals surface area contributed by atoms with Gasteiger partial charge in [-0.2, -0.15) is 0 Å². The van der Waals surface area contributed by atoms with Crippen LogP contribution >= 0.6 is 0 Å². The molecular formula is C21H23N3O5. The van der Waals surface area contributed by atoms with Crippen LogP contribution in [0.4, 0.5) is 0 Å². The van der Waals surface area contributed by atoms with Crippen molar-refractivity contribution in [2.75, 3.05) is 7.11 Å². The van der Waals surface area contributed by atoms with E-state index in [1.54, 1.807) is 0 Å². The van der Waals surface area contributed by atoms with Gasteiger partial charge >= 0.3 is 0 Å². The molecule has 1 saturated heterocycles. The molecule has 1 aliphatic rings. The summed E-state index contributed by atoms with van der Waals surface area (Å²) in [6.45, 7) is 0.515. The van der Waals surface area contributed by atoms with E-state index in [2.05, 4.69) is 10.0 Å². The number of hydrogen-bond acceptors (Lipinski definition) is 6. The predicted octanol–water partition coefficient (Wildman–Crippen LogP) is 3.41. The van der Waals surface area contributed by atoms with E-state index in [0.29, 0.717) is 6.29 Å². The first-order valence-electron chi connectivity index (χ1n) is 9.25. The van der Waals surface area contributed by atoms with Gasteiger partial charge in [-0.25, -0.2) is 0 Å². The zero-order chi connectivity index (χ0) is 20.5. The third kappa shape index (κ3) is 5.41. The normalized spacial score (nSPS) is 26.4. The highest BCUT2D eigenvalue weighted by atomic mass is 16.7. The van der Waals surface area contributed by atoms with Crippen LogP contribution < -0.4 is 0 Å². The summed E-state index contributed by atoms with van der Waals surface area (Å²) in [6, 6.07) is 18.3. The third-order valence-corrected chi connectivity index (χ3v) is 4.68. The fourth-order valence-corrected chi connectivity index (χ4v) is 3.25. The number of ether oxygens (including phenoxy) is 4. The second kappa shape index (κ2) is 10.7. The zero-order valence-electron chi connectivity index (χ0n) is 16.0. The molecule has 2 aromatic carbocycles. The summed E-state index contributed by atoms with van der Waals surface area (Å²) in [5, 5.41) is 3.81. The molecule has 1 heterocycles. The molecule has 2 aromatic rings. The molecule has 1 fully saturated rings. The molecule has 3 rings (SSSR count). The highest BCUT2D eigenvalue weighted by Crippen LogP contribution is 2.29. The number of aldehydes is 1. The van der Waals surface area contributed by atoms with Gasteiger partial charge in [0.1, 0.15) is 24.4 Å². The fraction of sp³-hybridized carbons (Fsp3) is 0.381. The van der Waals surface area contributed by atoms with Crippen molar-refractivity contribution in [3.05, 3.63) is 82.2 Å². The van der Waals surface area contributed by atoms with Crippen LogP contribution in [0.2, 0.25) is 0 Å². The number of benzene rings is 2. The van der Waals surface area contributed by atoms with Crippen molar-refractivity contribution in [1.82, 2.24) is 0 Å². The molecule has 0 spiro atoms. The van der Waals surface area contributed by atoms with Crippen LogP contribution in [0, 0.1) is 0 Å². The summed E-state index contributed by atoms with van der Waals surface area (Å²) in [7, 11) is 1.42. The maximum Gasteiger partial charge on any atom is 0.169 e. The van der Waals surface area contributed by atoms with E-state index in [0.717, 1.165) is 11.1 Å². The fourth-order valence-electron chi connectivity index (χ4n) is 3.25. The maximum atomic E-state index is 11.7. The molecule has 0 radical (unpaired) electrons. The van der Waals surface area contributed by atoms with Crippen LogP contribution in [0.5, 0.6) is 0 Å². The van der Waals surface area contributed by atoms with Crippen molar-refractivity contribution in [1.29, 1.82) is 0 Å². The Labute approximate surface area is 169 Å². The Balaban J connectivity index is 1.83. The lowest BCUT2D eigenvalue weighted by molar-refractivity contribution is -0.262. The highest BCUT2D eigenvalue weighted by molar-refractivity contribution is 5.58. The summed E-state index contributed by atoms with van der Waals surface area (Å²) < 4.78 is 23.1. The standard InChI is InChI=1S/C21H23N3O5/c1-26-21-18(23-24-22)20(28-14-16-10-6-3-7-11-16)19(17(12-25)29-21)27-13-15-8-4-2-5-9-15/h2-12,17-21H,13-14H2,1H3/t17-,18-,19-,20-,21-/m1/s1. The zero-order valence-corrected chi connectivity index (χ0v) is 16.0. The van der Waals surface area contributed by atoms with Gasteiger partial charge in [-0.15, -0.1) is 0 Å². The molecule has 8 heteroatoms. The Hall–Kier alpha value is -2.74. The summed E-state index contributed by atoms with van der Waals surface area (Å²) in [6.07, 6.45) is -2.68. The smallest absolute Gasteiger partial charge is 0.169 e. The molecule has 0 bridgehead atoms. The van der Waals surface area contributed by atoms with Gasteiger partial charge in [-0.1, -0.05) is 65.8 Å². The number of carbonyl (C=O) groups excluding carboxylic acids is 1. The largest absolute Gasteiger partial charge is 0.370 e. The van der Waals surface area contributed by atoms with Crippen molar-refractivity contribution in [3.8, 4) is 0 Å². The van der Waals surface area contributed by atoms with Crippen molar-refractivity contribution in [3.63, 3.8) is 0 Å². The first kappa shape index (κ1) is 21.0. The first-order chi connectivity index (χ1) is 14.3. The quantitative estimate of drug-likeness (QED) is 0.279. The van der Waals surface area contributed by atoms with Crippen LogP contribution in [0.3, 0.4) is 0 Å². The Kier molecular flexibility index (Phi) is 7.75. The molecule has 0 unspecified atom stereocenters. The van der Waals surface area contributed by atoms with Gasteiger partial charge < -0.3 is 23.7 Å². The molecule has 0 N–H and O–H groups in total. The number of hydrogen-bond donors (Lipinski definition) is 0. The Morgan fingerprint density at radius 2 is 1.55 bits per heavy atom. The van der Waals surface area contributed by atoms with Crippen LogP contribution in [-0.2, 0) is 37.0 Å². The molecule has 152 valence electrons. The second-order valence-electron chi connectivity index (χ2n) is 6.56. The van der Waals surface area contributed by atoms with Crippen molar-refractivity contribution >= 4 is 6.29 Å². The first-order valence-corrected chi connectivity index (χ1v) is 9.25. The highest BCUT2D eigenvalue weighted by Gasteiger charge is 2.47.